The van der Waals surface area contributed by atoms with Crippen LogP contribution in [0.15, 0.2) is 30.3 Å². The molecule has 4 heterocycles. The van der Waals surface area contributed by atoms with Gasteiger partial charge in [0.1, 0.15) is 0 Å². The van der Waals surface area contributed by atoms with Crippen LogP contribution in [0.25, 0.3) is 0 Å². The Kier molecular flexibility index (Phi) is 5.31. The zero-order valence-electron chi connectivity index (χ0n) is 20.1. The van der Waals surface area contributed by atoms with Crippen molar-refractivity contribution in [1.82, 2.24) is 0 Å². The van der Waals surface area contributed by atoms with Crippen molar-refractivity contribution in [3.8, 4) is 0 Å². The first-order valence-corrected chi connectivity index (χ1v) is 14.2. The molecule has 2 bridgehead atoms. The van der Waals surface area contributed by atoms with E-state index in [1.54, 1.807) is 0 Å². The van der Waals surface area contributed by atoms with Crippen LogP contribution in [0.2, 0.25) is 0 Å². The molecule has 0 aromatic heterocycles. The first-order chi connectivity index (χ1) is 14.1. The fourth-order valence-electron chi connectivity index (χ4n) is 4.96. The van der Waals surface area contributed by atoms with Gasteiger partial charge in [0.05, 0.1) is 22.2 Å². The smallest absolute Gasteiger partial charge is 0.242 e. The fraction of sp³-hybridized carbons (Fsp3) is 0.600. The first-order valence-electron chi connectivity index (χ1n) is 11.0. The molecule has 1 fully saturated rings. The third-order valence-corrected chi connectivity index (χ3v) is 16.6. The lowest BCUT2D eigenvalue weighted by Crippen LogP contribution is -2.54. The van der Waals surface area contributed by atoms with Gasteiger partial charge in [0, 0.05) is 0 Å². The average Bonchev–Trinajstić information content (AvgIpc) is 2.92. The molecule has 0 aliphatic carbocycles. The highest BCUT2D eigenvalue weighted by molar-refractivity contribution is 8.07. The molecule has 166 valence electrons. The minimum atomic E-state index is -0.812. The minimum absolute atomic E-state index is 0.00463. The number of para-hydroxylation sites is 1. The van der Waals surface area contributed by atoms with E-state index in [-0.39, 0.29) is 44.5 Å². The Morgan fingerprint density at radius 2 is 1.29 bits per heavy atom. The van der Waals surface area contributed by atoms with Crippen LogP contribution in [0, 0.1) is 22.2 Å². The van der Waals surface area contributed by atoms with Crippen molar-refractivity contribution in [2.75, 3.05) is 4.90 Å². The number of carbonyl (C=O) groups is 2. The highest BCUT2D eigenvalue weighted by Gasteiger charge is 2.69. The van der Waals surface area contributed by atoms with Gasteiger partial charge in [-0.15, -0.1) is 0 Å². The molecule has 4 aliphatic rings. The van der Waals surface area contributed by atoms with E-state index in [0.717, 1.165) is 5.69 Å². The summed E-state index contributed by atoms with van der Waals surface area (Å²) in [6.45, 7) is 20.5. The molecule has 0 spiro atoms. The SMILES string of the molecule is CC(C)(C)C1=PC2(C(C)(C)C)P=C(C(C)(C)C)P1[C@H]1C(=O)N(c3ccccc3)C(=O)[C@H]12. The molecule has 1 saturated heterocycles. The largest absolute Gasteiger partial charge is 0.274 e. The van der Waals surface area contributed by atoms with Crippen molar-refractivity contribution < 1.29 is 9.59 Å². The van der Waals surface area contributed by atoms with Crippen LogP contribution in [0.4, 0.5) is 5.69 Å². The van der Waals surface area contributed by atoms with Gasteiger partial charge in [-0.05, 0) is 46.4 Å². The molecule has 0 N–H and O–H groups in total. The number of anilines is 1. The number of nitrogens with zero attached hydrogens (tertiary/aromatic N) is 1. The summed E-state index contributed by atoms with van der Waals surface area (Å²) in [5, 5.41) is 3.00. The second kappa shape index (κ2) is 7.06. The molecule has 2 atom stereocenters. The van der Waals surface area contributed by atoms with Crippen LogP contribution in [0.1, 0.15) is 62.3 Å². The van der Waals surface area contributed by atoms with E-state index in [9.17, 15) is 9.59 Å². The predicted octanol–water partition coefficient (Wildman–Crippen LogP) is 7.04. The summed E-state index contributed by atoms with van der Waals surface area (Å²) in [5.41, 5.74) is 0.383. The number of amides is 2. The van der Waals surface area contributed by atoms with Crippen molar-refractivity contribution in [3.05, 3.63) is 30.3 Å². The van der Waals surface area contributed by atoms with Crippen LogP contribution < -0.4 is 4.90 Å². The quantitative estimate of drug-likeness (QED) is 0.324. The molecule has 1 aromatic carbocycles. The van der Waals surface area contributed by atoms with E-state index in [2.05, 4.69) is 62.3 Å². The van der Waals surface area contributed by atoms with Gasteiger partial charge in [0.2, 0.25) is 11.8 Å². The summed E-state index contributed by atoms with van der Waals surface area (Å²) in [6, 6.07) is 9.54. The van der Waals surface area contributed by atoms with Crippen LogP contribution in [-0.2, 0) is 9.59 Å². The summed E-state index contributed by atoms with van der Waals surface area (Å²) < 4.78 is 0. The van der Waals surface area contributed by atoms with Crippen molar-refractivity contribution in [3.63, 3.8) is 0 Å². The normalized spacial score (nSPS) is 32.0. The van der Waals surface area contributed by atoms with Gasteiger partial charge in [-0.3, -0.25) is 9.59 Å². The molecule has 0 saturated carbocycles. The van der Waals surface area contributed by atoms with Gasteiger partial charge in [-0.1, -0.05) is 96.9 Å². The number of rotatable bonds is 1. The molecule has 3 nitrogen and oxygen atoms in total. The third kappa shape index (κ3) is 3.34. The minimum Gasteiger partial charge on any atom is -0.274 e. The van der Waals surface area contributed by atoms with Crippen LogP contribution in [0.5, 0.6) is 0 Å². The summed E-state index contributed by atoms with van der Waals surface area (Å²) in [5.74, 6) is -0.203. The lowest BCUT2D eigenvalue weighted by Gasteiger charge is -2.57. The maximum atomic E-state index is 14.0. The van der Waals surface area contributed by atoms with E-state index in [1.165, 1.54) is 31.4 Å². The first kappa shape index (κ1) is 23.3. The van der Waals surface area contributed by atoms with E-state index < -0.39 is 7.92 Å². The number of benzene rings is 1. The fourth-order valence-corrected chi connectivity index (χ4v) is 15.8. The Morgan fingerprint density at radius 1 is 0.806 bits per heavy atom. The van der Waals surface area contributed by atoms with Crippen LogP contribution >= 0.6 is 24.3 Å². The third-order valence-electron chi connectivity index (χ3n) is 6.46. The molecule has 5 rings (SSSR count). The molecule has 6 heteroatoms. The van der Waals surface area contributed by atoms with Gasteiger partial charge in [0.25, 0.3) is 0 Å². The zero-order chi connectivity index (χ0) is 23.1. The summed E-state index contributed by atoms with van der Waals surface area (Å²) in [6.07, 6.45) is 0. The van der Waals surface area contributed by atoms with E-state index in [1.807, 2.05) is 30.3 Å². The highest BCUT2D eigenvalue weighted by atomic mass is 31.2. The Labute approximate surface area is 191 Å². The van der Waals surface area contributed by atoms with Crippen molar-refractivity contribution in [2.45, 2.75) is 72.9 Å². The van der Waals surface area contributed by atoms with E-state index >= 15 is 0 Å². The number of carbonyl (C=O) groups excluding carboxylic acids is 2. The standard InChI is InChI=1S/C25H34NO2P3/c1-22(2,3)20-29-25(24(7,8)9)16-17(31(20)21(30-25)23(4,5)6)19(28)26(18(16)27)15-13-11-10-12-14-15/h10-14,16-17H,1-9H3/t16-,17+,25?,31?/m0/s1. The molecular weight excluding hydrogens is 439 g/mol. The topological polar surface area (TPSA) is 37.4 Å². The number of hydrogen-bond donors (Lipinski definition) is 0. The Morgan fingerprint density at radius 3 is 1.71 bits per heavy atom. The van der Waals surface area contributed by atoms with Crippen LogP contribution in [-0.4, -0.2) is 32.4 Å². The van der Waals surface area contributed by atoms with Crippen molar-refractivity contribution in [2.24, 2.45) is 22.2 Å². The van der Waals surface area contributed by atoms with E-state index in [4.69, 9.17) is 0 Å². The van der Waals surface area contributed by atoms with Crippen molar-refractivity contribution >= 4 is 51.9 Å². The Balaban J connectivity index is 2.02. The zero-order valence-corrected chi connectivity index (χ0v) is 22.8. The molecular formula is C25H34NO2P3. The number of imide groups is 1. The van der Waals surface area contributed by atoms with Crippen LogP contribution in [0.3, 0.4) is 0 Å². The number of hydrogen-bond acceptors (Lipinski definition) is 2. The second-order valence-corrected chi connectivity index (χ2v) is 18.0. The maximum absolute atomic E-state index is 14.0. The molecule has 0 unspecified atom stereocenters. The molecule has 1 aromatic rings. The lowest BCUT2D eigenvalue weighted by molar-refractivity contribution is -0.122. The molecule has 2 amide bonds. The highest BCUT2D eigenvalue weighted by Crippen LogP contribution is 2.78. The van der Waals surface area contributed by atoms with Gasteiger partial charge in [-0.25, -0.2) is 4.90 Å². The Bertz CT molecular complexity index is 974. The molecule has 31 heavy (non-hydrogen) atoms. The molecule has 0 radical (unpaired) electrons. The van der Waals surface area contributed by atoms with Gasteiger partial charge >= 0.3 is 0 Å². The predicted molar refractivity (Wildman–Crippen MR) is 138 cm³/mol. The summed E-state index contributed by atoms with van der Waals surface area (Å²) in [7, 11) is 1.76. The summed E-state index contributed by atoms with van der Waals surface area (Å²) >= 11 is 0. The Hall–Kier alpha value is -0.870. The molecule has 4 aliphatic heterocycles. The maximum Gasteiger partial charge on any atom is 0.242 e. The monoisotopic (exact) mass is 473 g/mol. The van der Waals surface area contributed by atoms with Gasteiger partial charge < -0.3 is 0 Å². The van der Waals surface area contributed by atoms with E-state index in [0.29, 0.717) is 0 Å². The average molecular weight is 473 g/mol. The second-order valence-electron chi connectivity index (χ2n) is 12.0. The van der Waals surface area contributed by atoms with Gasteiger partial charge in [-0.2, -0.15) is 0 Å². The lowest BCUT2D eigenvalue weighted by atomic mass is 9.81. The van der Waals surface area contributed by atoms with Gasteiger partial charge in [0.15, 0.2) is 0 Å². The summed E-state index contributed by atoms with van der Waals surface area (Å²) in [4.78, 5) is 29.3. The van der Waals surface area contributed by atoms with Crippen molar-refractivity contribution in [1.29, 1.82) is 0 Å².